The van der Waals surface area contributed by atoms with Gasteiger partial charge in [-0.2, -0.15) is 0 Å². The molecule has 1 atom stereocenters. The van der Waals surface area contributed by atoms with E-state index in [0.29, 0.717) is 18.5 Å². The van der Waals surface area contributed by atoms with Crippen LogP contribution < -0.4 is 10.1 Å². The third-order valence-corrected chi connectivity index (χ3v) is 5.88. The largest absolute Gasteiger partial charge is 0.497 e. The highest BCUT2D eigenvalue weighted by Crippen LogP contribution is 2.46. The van der Waals surface area contributed by atoms with Gasteiger partial charge in [0.2, 0.25) is 5.91 Å². The van der Waals surface area contributed by atoms with Crippen LogP contribution in [0.4, 0.5) is 0 Å². The number of thioether (sulfide) groups is 1. The third kappa shape index (κ3) is 3.87. The number of carbonyl (C=O) groups is 1. The maximum atomic E-state index is 12.5. The molecule has 0 radical (unpaired) electrons. The minimum Gasteiger partial charge on any atom is -0.497 e. The van der Waals surface area contributed by atoms with E-state index in [4.69, 9.17) is 4.74 Å². The van der Waals surface area contributed by atoms with Crippen molar-refractivity contribution in [1.82, 2.24) is 20.1 Å². The molecule has 2 aliphatic rings. The molecular weight excluding hydrogens is 348 g/mol. The number of rotatable bonds is 8. The van der Waals surface area contributed by atoms with Gasteiger partial charge in [-0.25, -0.2) is 0 Å². The lowest BCUT2D eigenvalue weighted by molar-refractivity contribution is -0.120. The number of methoxy groups -OCH3 is 1. The van der Waals surface area contributed by atoms with E-state index in [9.17, 15) is 4.79 Å². The number of ether oxygens (including phenoxy) is 1. The molecule has 2 aliphatic carbocycles. The summed E-state index contributed by atoms with van der Waals surface area (Å²) in [5.41, 5.74) is 1.05. The molecule has 2 saturated carbocycles. The van der Waals surface area contributed by atoms with Gasteiger partial charge in [0.05, 0.1) is 12.4 Å². The predicted molar refractivity (Wildman–Crippen MR) is 100 cm³/mol. The summed E-state index contributed by atoms with van der Waals surface area (Å²) in [6.45, 7) is 2.44. The Labute approximate surface area is 157 Å². The normalized spacial score (nSPS) is 17.8. The SMILES string of the molecule is COc1ccc(CNC(=O)[C@@H](C)Sc2nnc(C3CC3)n2C2CC2)cc1. The molecule has 1 aromatic heterocycles. The van der Waals surface area contributed by atoms with E-state index in [1.54, 1.807) is 7.11 Å². The highest BCUT2D eigenvalue weighted by atomic mass is 32.2. The quantitative estimate of drug-likeness (QED) is 0.720. The van der Waals surface area contributed by atoms with E-state index in [2.05, 4.69) is 20.1 Å². The van der Waals surface area contributed by atoms with Crippen molar-refractivity contribution >= 4 is 17.7 Å². The van der Waals surface area contributed by atoms with Gasteiger partial charge in [-0.15, -0.1) is 10.2 Å². The Bertz CT molecular complexity index is 781. The number of nitrogens with zero attached hydrogens (tertiary/aromatic N) is 3. The van der Waals surface area contributed by atoms with Crippen LogP contribution in [0.2, 0.25) is 0 Å². The molecule has 1 aromatic carbocycles. The number of carbonyl (C=O) groups excluding carboxylic acids is 1. The lowest BCUT2D eigenvalue weighted by Crippen LogP contribution is -2.30. The van der Waals surface area contributed by atoms with E-state index in [1.807, 2.05) is 31.2 Å². The molecule has 4 rings (SSSR count). The first-order valence-electron chi connectivity index (χ1n) is 9.18. The van der Waals surface area contributed by atoms with Gasteiger partial charge in [0.25, 0.3) is 0 Å². The van der Waals surface area contributed by atoms with Crippen LogP contribution in [0, 0.1) is 0 Å². The second-order valence-electron chi connectivity index (χ2n) is 7.04. The summed E-state index contributed by atoms with van der Waals surface area (Å²) < 4.78 is 7.44. The molecule has 0 spiro atoms. The van der Waals surface area contributed by atoms with Crippen molar-refractivity contribution in [3.8, 4) is 5.75 Å². The maximum absolute atomic E-state index is 12.5. The Kier molecular flexibility index (Phi) is 4.89. The third-order valence-electron chi connectivity index (χ3n) is 4.82. The van der Waals surface area contributed by atoms with Gasteiger partial charge >= 0.3 is 0 Å². The van der Waals surface area contributed by atoms with E-state index >= 15 is 0 Å². The van der Waals surface area contributed by atoms with Gasteiger partial charge in [0.1, 0.15) is 11.6 Å². The monoisotopic (exact) mass is 372 g/mol. The van der Waals surface area contributed by atoms with Crippen LogP contribution in [0.3, 0.4) is 0 Å². The van der Waals surface area contributed by atoms with Crippen LogP contribution in [-0.4, -0.2) is 33.0 Å². The first kappa shape index (κ1) is 17.4. The molecule has 0 unspecified atom stereocenters. The summed E-state index contributed by atoms with van der Waals surface area (Å²) in [6.07, 6.45) is 4.83. The molecule has 0 saturated heterocycles. The van der Waals surface area contributed by atoms with Gasteiger partial charge in [0, 0.05) is 18.5 Å². The maximum Gasteiger partial charge on any atom is 0.233 e. The van der Waals surface area contributed by atoms with Gasteiger partial charge in [0.15, 0.2) is 5.16 Å². The zero-order valence-corrected chi connectivity index (χ0v) is 16.0. The van der Waals surface area contributed by atoms with E-state index in [-0.39, 0.29) is 11.2 Å². The van der Waals surface area contributed by atoms with Gasteiger partial charge < -0.3 is 14.6 Å². The first-order valence-corrected chi connectivity index (χ1v) is 10.1. The van der Waals surface area contributed by atoms with Gasteiger partial charge in [-0.1, -0.05) is 23.9 Å². The van der Waals surface area contributed by atoms with Crippen molar-refractivity contribution in [2.45, 2.75) is 61.5 Å². The number of nitrogens with one attached hydrogen (secondary N) is 1. The lowest BCUT2D eigenvalue weighted by Gasteiger charge is -2.13. The van der Waals surface area contributed by atoms with Crippen molar-refractivity contribution < 1.29 is 9.53 Å². The van der Waals surface area contributed by atoms with E-state index in [1.165, 1.54) is 37.4 Å². The minimum absolute atomic E-state index is 0.0177. The molecule has 0 bridgehead atoms. The molecule has 138 valence electrons. The summed E-state index contributed by atoms with van der Waals surface area (Å²) in [5.74, 6) is 2.54. The van der Waals surface area contributed by atoms with Crippen molar-refractivity contribution in [2.24, 2.45) is 0 Å². The lowest BCUT2D eigenvalue weighted by atomic mass is 10.2. The average molecular weight is 372 g/mol. The van der Waals surface area contributed by atoms with E-state index < -0.39 is 0 Å². The molecule has 6 nitrogen and oxygen atoms in total. The van der Waals surface area contributed by atoms with Crippen molar-refractivity contribution in [3.63, 3.8) is 0 Å². The number of benzene rings is 1. The first-order chi connectivity index (χ1) is 12.7. The van der Waals surface area contributed by atoms with Gasteiger partial charge in [-0.05, 0) is 50.3 Å². The molecule has 2 fully saturated rings. The highest BCUT2D eigenvalue weighted by Gasteiger charge is 2.37. The van der Waals surface area contributed by atoms with E-state index in [0.717, 1.165) is 22.3 Å². The van der Waals surface area contributed by atoms with Crippen LogP contribution >= 0.6 is 11.8 Å². The Morgan fingerprint density at radius 1 is 1.27 bits per heavy atom. The summed E-state index contributed by atoms with van der Waals surface area (Å²) in [6, 6.07) is 8.26. The Hall–Kier alpha value is -2.02. The fourth-order valence-corrected chi connectivity index (χ4v) is 3.90. The standard InChI is InChI=1S/C19H24N4O2S/c1-12(18(24)20-11-13-3-9-16(25-2)10-4-13)26-19-22-21-17(14-5-6-14)23(19)15-7-8-15/h3-4,9-10,12,14-15H,5-8,11H2,1-2H3,(H,20,24)/t12-/m1/s1. The summed E-state index contributed by atoms with van der Waals surface area (Å²) in [7, 11) is 1.64. The van der Waals surface area contributed by atoms with Crippen molar-refractivity contribution in [3.05, 3.63) is 35.7 Å². The molecule has 1 N–H and O–H groups in total. The molecular formula is C19H24N4O2S. The molecule has 0 aliphatic heterocycles. The van der Waals surface area contributed by atoms with Crippen LogP contribution in [0.1, 0.15) is 56.0 Å². The number of hydrogen-bond acceptors (Lipinski definition) is 5. The summed E-state index contributed by atoms with van der Waals surface area (Å²) in [5, 5.41) is 12.5. The molecule has 7 heteroatoms. The second kappa shape index (κ2) is 7.31. The average Bonchev–Trinajstić information content (AvgIpc) is 3.59. The topological polar surface area (TPSA) is 69.0 Å². The highest BCUT2D eigenvalue weighted by molar-refractivity contribution is 8.00. The smallest absolute Gasteiger partial charge is 0.233 e. The molecule has 1 amide bonds. The molecule has 26 heavy (non-hydrogen) atoms. The van der Waals surface area contributed by atoms with Crippen LogP contribution in [0.15, 0.2) is 29.4 Å². The zero-order chi connectivity index (χ0) is 18.1. The van der Waals surface area contributed by atoms with Gasteiger partial charge in [-0.3, -0.25) is 4.79 Å². The molecule has 2 aromatic rings. The Morgan fingerprint density at radius 2 is 2.00 bits per heavy atom. The zero-order valence-electron chi connectivity index (χ0n) is 15.1. The van der Waals surface area contributed by atoms with Crippen LogP contribution in [0.25, 0.3) is 0 Å². The summed E-state index contributed by atoms with van der Waals surface area (Å²) >= 11 is 1.51. The Morgan fingerprint density at radius 3 is 2.62 bits per heavy atom. The van der Waals surface area contributed by atoms with Crippen LogP contribution in [-0.2, 0) is 11.3 Å². The minimum atomic E-state index is -0.206. The van der Waals surface area contributed by atoms with Crippen molar-refractivity contribution in [1.29, 1.82) is 0 Å². The molecule has 1 heterocycles. The van der Waals surface area contributed by atoms with Crippen LogP contribution in [0.5, 0.6) is 5.75 Å². The summed E-state index contributed by atoms with van der Waals surface area (Å²) in [4.78, 5) is 12.5. The number of amides is 1. The second-order valence-corrected chi connectivity index (χ2v) is 8.35. The fourth-order valence-electron chi connectivity index (χ4n) is 2.95. The fraction of sp³-hybridized carbons (Fsp3) is 0.526. The van der Waals surface area contributed by atoms with Crippen molar-refractivity contribution in [2.75, 3.05) is 7.11 Å². The number of hydrogen-bond donors (Lipinski definition) is 1. The predicted octanol–water partition coefficient (Wildman–Crippen LogP) is 3.30. The Balaban J connectivity index is 1.35. The number of aromatic nitrogens is 3.